The topological polar surface area (TPSA) is 87.8 Å². The molecule has 0 unspecified atom stereocenters. The lowest BCUT2D eigenvalue weighted by atomic mass is 10.2. The summed E-state index contributed by atoms with van der Waals surface area (Å²) in [6, 6.07) is 0. The molecule has 0 aromatic carbocycles. The van der Waals surface area contributed by atoms with Gasteiger partial charge < -0.3 is 10.3 Å². The zero-order valence-electron chi connectivity index (χ0n) is 12.9. The van der Waals surface area contributed by atoms with Gasteiger partial charge in [-0.05, 0) is 25.8 Å². The van der Waals surface area contributed by atoms with Crippen molar-refractivity contribution in [3.05, 3.63) is 27.2 Å². The van der Waals surface area contributed by atoms with Crippen LogP contribution in [0.5, 0.6) is 0 Å². The van der Waals surface area contributed by atoms with Gasteiger partial charge in [0, 0.05) is 19.6 Å². The van der Waals surface area contributed by atoms with Crippen LogP contribution >= 0.6 is 0 Å². The summed E-state index contributed by atoms with van der Waals surface area (Å²) in [4.78, 5) is 29.3. The van der Waals surface area contributed by atoms with Crippen LogP contribution in [0.1, 0.15) is 27.2 Å². The molecule has 0 aliphatic carbocycles. The normalized spacial score (nSPS) is 11.7. The van der Waals surface area contributed by atoms with Crippen LogP contribution in [0.4, 0.5) is 0 Å². The van der Waals surface area contributed by atoms with Gasteiger partial charge in [-0.1, -0.05) is 13.8 Å². The van der Waals surface area contributed by atoms with Gasteiger partial charge in [-0.15, -0.1) is 0 Å². The Balaban J connectivity index is 2.75. The van der Waals surface area contributed by atoms with Crippen molar-refractivity contribution >= 4 is 11.2 Å². The Bertz CT molecular complexity index is 738. The summed E-state index contributed by atoms with van der Waals surface area (Å²) in [6.45, 7) is 7.95. The Morgan fingerprint density at radius 1 is 1.29 bits per heavy atom. The van der Waals surface area contributed by atoms with Crippen LogP contribution in [-0.2, 0) is 19.6 Å². The molecule has 7 nitrogen and oxygen atoms in total. The molecule has 0 atom stereocenters. The van der Waals surface area contributed by atoms with E-state index >= 15 is 0 Å². The van der Waals surface area contributed by atoms with E-state index in [0.29, 0.717) is 43.3 Å². The molecule has 21 heavy (non-hydrogen) atoms. The molecule has 116 valence electrons. The summed E-state index contributed by atoms with van der Waals surface area (Å²) in [5, 5.41) is 0. The first kappa shape index (κ1) is 15.5. The Labute approximate surface area is 123 Å². The summed E-state index contributed by atoms with van der Waals surface area (Å²) in [6.07, 6.45) is 2.39. The van der Waals surface area contributed by atoms with Gasteiger partial charge in [0.1, 0.15) is 0 Å². The number of fused-ring (bicyclic) bond motifs is 1. The van der Waals surface area contributed by atoms with Crippen LogP contribution in [0.15, 0.2) is 15.9 Å². The molecule has 2 heterocycles. The van der Waals surface area contributed by atoms with Gasteiger partial charge in [-0.2, -0.15) is 0 Å². The van der Waals surface area contributed by atoms with Crippen molar-refractivity contribution in [2.24, 2.45) is 11.7 Å². The van der Waals surface area contributed by atoms with E-state index in [9.17, 15) is 9.59 Å². The minimum atomic E-state index is -0.284. The summed E-state index contributed by atoms with van der Waals surface area (Å²) in [7, 11) is 0. The van der Waals surface area contributed by atoms with Gasteiger partial charge in [-0.3, -0.25) is 13.9 Å². The zero-order chi connectivity index (χ0) is 15.6. The molecule has 0 fully saturated rings. The van der Waals surface area contributed by atoms with Gasteiger partial charge in [0.05, 0.1) is 6.33 Å². The number of hydrogen-bond donors (Lipinski definition) is 1. The van der Waals surface area contributed by atoms with E-state index in [-0.39, 0.29) is 11.2 Å². The van der Waals surface area contributed by atoms with Gasteiger partial charge in [0.25, 0.3) is 5.56 Å². The molecule has 7 heteroatoms. The Kier molecular flexibility index (Phi) is 4.62. The zero-order valence-corrected chi connectivity index (χ0v) is 12.9. The lowest BCUT2D eigenvalue weighted by molar-refractivity contribution is 0.491. The molecule has 2 N–H and O–H groups in total. The first-order valence-corrected chi connectivity index (χ1v) is 7.39. The fourth-order valence-electron chi connectivity index (χ4n) is 2.48. The minimum absolute atomic E-state index is 0.271. The third-order valence-corrected chi connectivity index (χ3v) is 3.45. The summed E-state index contributed by atoms with van der Waals surface area (Å²) in [5.74, 6) is 0.294. The van der Waals surface area contributed by atoms with Crippen molar-refractivity contribution in [1.82, 2.24) is 18.7 Å². The molecule has 0 saturated heterocycles. The number of aryl methyl sites for hydroxylation is 1. The third kappa shape index (κ3) is 2.78. The van der Waals surface area contributed by atoms with Crippen molar-refractivity contribution < 1.29 is 0 Å². The van der Waals surface area contributed by atoms with E-state index in [4.69, 9.17) is 5.73 Å². The summed E-state index contributed by atoms with van der Waals surface area (Å²) >= 11 is 0. The van der Waals surface area contributed by atoms with Gasteiger partial charge >= 0.3 is 5.69 Å². The molecule has 0 bridgehead atoms. The van der Waals surface area contributed by atoms with Crippen LogP contribution in [0.2, 0.25) is 0 Å². The van der Waals surface area contributed by atoms with Crippen molar-refractivity contribution in [2.75, 3.05) is 6.54 Å². The van der Waals surface area contributed by atoms with Crippen LogP contribution in [-0.4, -0.2) is 25.2 Å². The number of aromatic nitrogens is 4. The largest absolute Gasteiger partial charge is 0.332 e. The van der Waals surface area contributed by atoms with Gasteiger partial charge in [0.2, 0.25) is 0 Å². The van der Waals surface area contributed by atoms with Crippen LogP contribution < -0.4 is 17.0 Å². The quantitative estimate of drug-likeness (QED) is 0.834. The molecule has 2 rings (SSSR count). The average molecular weight is 293 g/mol. The monoisotopic (exact) mass is 293 g/mol. The van der Waals surface area contributed by atoms with E-state index in [0.717, 1.165) is 6.42 Å². The maximum absolute atomic E-state index is 12.5. The molecule has 0 radical (unpaired) electrons. The lowest BCUT2D eigenvalue weighted by Gasteiger charge is -2.13. The molecule has 0 amide bonds. The Hall–Kier alpha value is -1.89. The fourth-order valence-corrected chi connectivity index (χ4v) is 2.48. The molecule has 0 aliphatic rings. The predicted octanol–water partition coefficient (Wildman–Crippen LogP) is 0.384. The van der Waals surface area contributed by atoms with E-state index in [1.54, 1.807) is 22.4 Å². The first-order chi connectivity index (χ1) is 10.0. The number of rotatable bonds is 6. The third-order valence-electron chi connectivity index (χ3n) is 3.45. The second kappa shape index (κ2) is 6.26. The highest BCUT2D eigenvalue weighted by atomic mass is 16.2. The maximum Gasteiger partial charge on any atom is 0.332 e. The molecule has 2 aromatic rings. The van der Waals surface area contributed by atoms with Crippen molar-refractivity contribution in [3.63, 3.8) is 0 Å². The second-order valence-corrected chi connectivity index (χ2v) is 5.59. The van der Waals surface area contributed by atoms with Crippen molar-refractivity contribution in [2.45, 2.75) is 46.8 Å². The van der Waals surface area contributed by atoms with Crippen LogP contribution in [0.25, 0.3) is 11.2 Å². The van der Waals surface area contributed by atoms with Gasteiger partial charge in [-0.25, -0.2) is 9.78 Å². The maximum atomic E-state index is 12.5. The predicted molar refractivity (Wildman–Crippen MR) is 82.4 cm³/mol. The molecule has 0 spiro atoms. The van der Waals surface area contributed by atoms with E-state index < -0.39 is 0 Å². The molecule has 2 aromatic heterocycles. The number of nitrogens with zero attached hydrogens (tertiary/aromatic N) is 4. The highest BCUT2D eigenvalue weighted by molar-refractivity contribution is 5.70. The smallest absolute Gasteiger partial charge is 0.330 e. The van der Waals surface area contributed by atoms with E-state index in [1.165, 1.54) is 4.57 Å². The average Bonchev–Trinajstić information content (AvgIpc) is 2.85. The first-order valence-electron chi connectivity index (χ1n) is 7.39. The summed E-state index contributed by atoms with van der Waals surface area (Å²) in [5.41, 5.74) is 5.94. The van der Waals surface area contributed by atoms with Crippen LogP contribution in [0, 0.1) is 5.92 Å². The fraction of sp³-hybridized carbons (Fsp3) is 0.643. The number of hydrogen-bond acceptors (Lipinski definition) is 4. The second-order valence-electron chi connectivity index (χ2n) is 5.59. The van der Waals surface area contributed by atoms with Crippen molar-refractivity contribution in [3.8, 4) is 0 Å². The molecule has 0 aliphatic heterocycles. The number of imidazole rings is 1. The van der Waals surface area contributed by atoms with Gasteiger partial charge in [0.15, 0.2) is 11.2 Å². The standard InChI is InChI=1S/C14H23N5O2/c1-4-18-13(20)11-12(16-9-17(11)7-5-6-15)19(14(18)21)8-10(2)3/h9-10H,4-8,15H2,1-3H3. The van der Waals surface area contributed by atoms with E-state index in [1.807, 2.05) is 13.8 Å². The minimum Gasteiger partial charge on any atom is -0.330 e. The lowest BCUT2D eigenvalue weighted by Crippen LogP contribution is -2.40. The SMILES string of the molecule is CCn1c(=O)c2c(ncn2CCCN)n(CC(C)C)c1=O. The van der Waals surface area contributed by atoms with Crippen molar-refractivity contribution in [1.29, 1.82) is 0 Å². The highest BCUT2D eigenvalue weighted by Gasteiger charge is 2.17. The molecular weight excluding hydrogens is 270 g/mol. The summed E-state index contributed by atoms with van der Waals surface area (Å²) < 4.78 is 4.67. The Morgan fingerprint density at radius 2 is 2.00 bits per heavy atom. The molecular formula is C14H23N5O2. The molecule has 0 saturated carbocycles. The highest BCUT2D eigenvalue weighted by Crippen LogP contribution is 2.09. The van der Waals surface area contributed by atoms with E-state index in [2.05, 4.69) is 4.98 Å². The Morgan fingerprint density at radius 3 is 2.57 bits per heavy atom. The van der Waals surface area contributed by atoms with Crippen LogP contribution in [0.3, 0.4) is 0 Å². The number of nitrogens with two attached hydrogens (primary N) is 1.